The van der Waals surface area contributed by atoms with Crippen molar-refractivity contribution >= 4 is 11.9 Å². The molecule has 2 aromatic heterocycles. The number of rotatable bonds is 7. The Bertz CT molecular complexity index is 1260. The van der Waals surface area contributed by atoms with Gasteiger partial charge in [0.05, 0.1) is 24.2 Å². The predicted octanol–water partition coefficient (Wildman–Crippen LogP) is 3.61. The van der Waals surface area contributed by atoms with Crippen molar-refractivity contribution in [1.82, 2.24) is 24.6 Å². The molecule has 1 amide bonds. The minimum Gasteiger partial charge on any atom is -0.462 e. The Morgan fingerprint density at radius 2 is 1.82 bits per heavy atom. The highest BCUT2D eigenvalue weighted by Gasteiger charge is 2.21. The number of imidazole rings is 1. The molecule has 0 saturated carbocycles. The van der Waals surface area contributed by atoms with Gasteiger partial charge in [-0.05, 0) is 43.7 Å². The van der Waals surface area contributed by atoms with E-state index < -0.39 is 5.97 Å². The van der Waals surface area contributed by atoms with Crippen molar-refractivity contribution in [2.75, 3.05) is 6.61 Å². The van der Waals surface area contributed by atoms with Crippen LogP contribution in [0.3, 0.4) is 0 Å². The van der Waals surface area contributed by atoms with Gasteiger partial charge in [0.25, 0.3) is 5.91 Å². The van der Waals surface area contributed by atoms with Crippen molar-refractivity contribution in [1.29, 1.82) is 0 Å². The molecule has 4 rings (SSSR count). The van der Waals surface area contributed by atoms with Crippen molar-refractivity contribution in [2.24, 2.45) is 7.05 Å². The van der Waals surface area contributed by atoms with E-state index in [-0.39, 0.29) is 11.9 Å². The van der Waals surface area contributed by atoms with Gasteiger partial charge in [-0.2, -0.15) is 5.10 Å². The summed E-state index contributed by atoms with van der Waals surface area (Å²) in [7, 11) is 1.90. The third-order valence-electron chi connectivity index (χ3n) is 5.40. The Morgan fingerprint density at radius 1 is 1.09 bits per heavy atom. The molecular formula is C25H25N5O3. The van der Waals surface area contributed by atoms with Crippen LogP contribution in [-0.2, 0) is 11.8 Å². The summed E-state index contributed by atoms with van der Waals surface area (Å²) in [4.78, 5) is 29.6. The summed E-state index contributed by atoms with van der Waals surface area (Å²) in [5.74, 6) is 0.117. The molecule has 8 nitrogen and oxygen atoms in total. The molecule has 168 valence electrons. The fourth-order valence-corrected chi connectivity index (χ4v) is 3.65. The Kier molecular flexibility index (Phi) is 6.35. The van der Waals surface area contributed by atoms with Gasteiger partial charge in [0.2, 0.25) is 0 Å². The number of ether oxygens (including phenoxy) is 1. The summed E-state index contributed by atoms with van der Waals surface area (Å²) < 4.78 is 8.61. The van der Waals surface area contributed by atoms with E-state index in [1.807, 2.05) is 48.1 Å². The molecule has 0 aliphatic carbocycles. The molecule has 0 saturated heterocycles. The number of nitrogens with one attached hydrogen (secondary N) is 1. The molecule has 2 heterocycles. The second-order valence-corrected chi connectivity index (χ2v) is 7.54. The number of carbonyl (C=O) groups is 2. The van der Waals surface area contributed by atoms with Crippen LogP contribution in [-0.4, -0.2) is 37.8 Å². The second-order valence-electron chi connectivity index (χ2n) is 7.54. The smallest absolute Gasteiger partial charge is 0.341 e. The second kappa shape index (κ2) is 9.52. The predicted molar refractivity (Wildman–Crippen MR) is 123 cm³/mol. The Hall–Kier alpha value is -4.20. The summed E-state index contributed by atoms with van der Waals surface area (Å²) in [6, 6.07) is 16.4. The largest absolute Gasteiger partial charge is 0.462 e. The molecule has 8 heteroatoms. The zero-order chi connectivity index (χ0) is 23.4. The van der Waals surface area contributed by atoms with Gasteiger partial charge in [0.15, 0.2) is 0 Å². The van der Waals surface area contributed by atoms with E-state index in [4.69, 9.17) is 4.74 Å². The van der Waals surface area contributed by atoms with Gasteiger partial charge in [-0.1, -0.05) is 30.3 Å². The maximum atomic E-state index is 13.1. The Morgan fingerprint density at radius 3 is 2.45 bits per heavy atom. The average Bonchev–Trinajstić information content (AvgIpc) is 3.43. The first-order valence-electron chi connectivity index (χ1n) is 10.6. The maximum Gasteiger partial charge on any atom is 0.341 e. The highest BCUT2D eigenvalue weighted by molar-refractivity contribution is 5.95. The third kappa shape index (κ3) is 4.55. The number of esters is 1. The topological polar surface area (TPSA) is 91.0 Å². The van der Waals surface area contributed by atoms with Crippen LogP contribution in [0.5, 0.6) is 0 Å². The molecule has 33 heavy (non-hydrogen) atoms. The van der Waals surface area contributed by atoms with E-state index in [1.165, 1.54) is 6.20 Å². The first-order valence-corrected chi connectivity index (χ1v) is 10.6. The summed E-state index contributed by atoms with van der Waals surface area (Å²) in [5, 5.41) is 7.39. The SMILES string of the molecule is CCOC(=O)c1cnn(-c2ccc(C(=O)NC(c3ccccc3)c3nccn3C)cc2)c1C. The molecule has 1 unspecified atom stereocenters. The number of amides is 1. The molecular weight excluding hydrogens is 418 g/mol. The molecule has 4 aromatic rings. The van der Waals surface area contributed by atoms with Crippen LogP contribution in [0.1, 0.15) is 50.8 Å². The number of hydrogen-bond donors (Lipinski definition) is 1. The lowest BCUT2D eigenvalue weighted by molar-refractivity contribution is 0.0525. The molecule has 1 atom stereocenters. The highest BCUT2D eigenvalue weighted by atomic mass is 16.5. The van der Waals surface area contributed by atoms with Crippen molar-refractivity contribution in [2.45, 2.75) is 19.9 Å². The van der Waals surface area contributed by atoms with Crippen molar-refractivity contribution in [3.63, 3.8) is 0 Å². The van der Waals surface area contributed by atoms with E-state index in [9.17, 15) is 9.59 Å². The number of aromatic nitrogens is 4. The zero-order valence-corrected chi connectivity index (χ0v) is 18.7. The maximum absolute atomic E-state index is 13.1. The lowest BCUT2D eigenvalue weighted by atomic mass is 10.1. The lowest BCUT2D eigenvalue weighted by Gasteiger charge is -2.19. The Labute approximate surface area is 191 Å². The van der Waals surface area contributed by atoms with Gasteiger partial charge in [0, 0.05) is 25.0 Å². The quantitative estimate of drug-likeness (QED) is 0.441. The van der Waals surface area contributed by atoms with Crippen LogP contribution in [0, 0.1) is 6.92 Å². The van der Waals surface area contributed by atoms with E-state index in [1.54, 1.807) is 49.0 Å². The van der Waals surface area contributed by atoms with Crippen LogP contribution in [0.25, 0.3) is 5.69 Å². The van der Waals surface area contributed by atoms with E-state index in [0.29, 0.717) is 23.4 Å². The highest BCUT2D eigenvalue weighted by Crippen LogP contribution is 2.21. The van der Waals surface area contributed by atoms with E-state index in [0.717, 1.165) is 17.1 Å². The van der Waals surface area contributed by atoms with Crippen LogP contribution in [0.15, 0.2) is 73.2 Å². The summed E-state index contributed by atoms with van der Waals surface area (Å²) in [5.41, 5.74) is 3.27. The molecule has 0 radical (unpaired) electrons. The molecule has 0 aliphatic rings. The van der Waals surface area contributed by atoms with Gasteiger partial charge < -0.3 is 14.6 Å². The molecule has 0 fully saturated rings. The lowest BCUT2D eigenvalue weighted by Crippen LogP contribution is -2.31. The van der Waals surface area contributed by atoms with Crippen LogP contribution in [0.4, 0.5) is 0 Å². The van der Waals surface area contributed by atoms with Gasteiger partial charge in [-0.3, -0.25) is 4.79 Å². The van der Waals surface area contributed by atoms with Crippen LogP contribution < -0.4 is 5.32 Å². The first-order chi connectivity index (χ1) is 16.0. The summed E-state index contributed by atoms with van der Waals surface area (Å²) in [6.45, 7) is 3.87. The van der Waals surface area contributed by atoms with E-state index >= 15 is 0 Å². The zero-order valence-electron chi connectivity index (χ0n) is 18.7. The minimum atomic E-state index is -0.404. The number of aryl methyl sites for hydroxylation is 1. The normalized spacial score (nSPS) is 11.7. The van der Waals surface area contributed by atoms with Gasteiger partial charge in [-0.25, -0.2) is 14.5 Å². The summed E-state index contributed by atoms with van der Waals surface area (Å²) in [6.07, 6.45) is 5.05. The van der Waals surface area contributed by atoms with Crippen molar-refractivity contribution in [3.05, 3.63) is 101 Å². The van der Waals surface area contributed by atoms with E-state index in [2.05, 4.69) is 15.4 Å². The molecule has 2 aromatic carbocycles. The van der Waals surface area contributed by atoms with Gasteiger partial charge in [-0.15, -0.1) is 0 Å². The average molecular weight is 444 g/mol. The minimum absolute atomic E-state index is 0.220. The fourth-order valence-electron chi connectivity index (χ4n) is 3.65. The molecule has 0 spiro atoms. The van der Waals surface area contributed by atoms with Crippen molar-refractivity contribution < 1.29 is 14.3 Å². The number of benzene rings is 2. The van der Waals surface area contributed by atoms with Crippen LogP contribution in [0.2, 0.25) is 0 Å². The molecule has 0 aliphatic heterocycles. The third-order valence-corrected chi connectivity index (χ3v) is 5.40. The van der Waals surface area contributed by atoms with Crippen molar-refractivity contribution in [3.8, 4) is 5.69 Å². The van der Waals surface area contributed by atoms with Gasteiger partial charge >= 0.3 is 5.97 Å². The number of carbonyl (C=O) groups excluding carboxylic acids is 2. The Balaban J connectivity index is 1.56. The monoisotopic (exact) mass is 443 g/mol. The fraction of sp³-hybridized carbons (Fsp3) is 0.200. The molecule has 0 bridgehead atoms. The standard InChI is InChI=1S/C25H25N5O3/c1-4-33-25(32)21-16-27-30(17(21)2)20-12-10-19(11-13-20)24(31)28-22(18-8-6-5-7-9-18)23-26-14-15-29(23)3/h5-16,22H,4H2,1-3H3,(H,28,31). The number of nitrogens with zero attached hydrogens (tertiary/aromatic N) is 4. The first kappa shape index (κ1) is 22.0. The summed E-state index contributed by atoms with van der Waals surface area (Å²) >= 11 is 0. The molecule has 1 N–H and O–H groups in total. The van der Waals surface area contributed by atoms with Crippen LogP contribution >= 0.6 is 0 Å². The van der Waals surface area contributed by atoms with Gasteiger partial charge in [0.1, 0.15) is 17.4 Å². The number of hydrogen-bond acceptors (Lipinski definition) is 5.